The molecule has 0 atom stereocenters. The Morgan fingerprint density at radius 3 is 2.35 bits per heavy atom. The van der Waals surface area contributed by atoms with Crippen molar-refractivity contribution in [1.82, 2.24) is 15.1 Å². The van der Waals surface area contributed by atoms with Crippen molar-refractivity contribution in [3.63, 3.8) is 0 Å². The minimum absolute atomic E-state index is 0.0263. The summed E-state index contributed by atoms with van der Waals surface area (Å²) in [5, 5.41) is 6.67. The largest absolute Gasteiger partial charge is 0.382 e. The van der Waals surface area contributed by atoms with E-state index in [-0.39, 0.29) is 11.7 Å². The SMILES string of the molecule is Cc1[nH]nc(N)c1C(=O)N1CCc2ccccc2CC1. The second-order valence-electron chi connectivity index (χ2n) is 5.17. The van der Waals surface area contributed by atoms with Crippen molar-refractivity contribution in [3.8, 4) is 0 Å². The maximum Gasteiger partial charge on any atom is 0.259 e. The predicted octanol–water partition coefficient (Wildman–Crippen LogP) is 1.54. The zero-order valence-electron chi connectivity index (χ0n) is 11.5. The van der Waals surface area contributed by atoms with Crippen molar-refractivity contribution < 1.29 is 4.79 Å². The van der Waals surface area contributed by atoms with Gasteiger partial charge in [0.15, 0.2) is 5.82 Å². The molecule has 3 N–H and O–H groups in total. The molecule has 1 aliphatic heterocycles. The minimum atomic E-state index is -0.0263. The Hall–Kier alpha value is -2.30. The Kier molecular flexibility index (Phi) is 3.18. The molecule has 0 aliphatic carbocycles. The van der Waals surface area contributed by atoms with Crippen molar-refractivity contribution in [3.05, 3.63) is 46.6 Å². The summed E-state index contributed by atoms with van der Waals surface area (Å²) in [5.74, 6) is 0.260. The lowest BCUT2D eigenvalue weighted by molar-refractivity contribution is 0.0763. The van der Waals surface area contributed by atoms with Gasteiger partial charge in [0.25, 0.3) is 5.91 Å². The minimum Gasteiger partial charge on any atom is -0.382 e. The fourth-order valence-corrected chi connectivity index (χ4v) is 2.75. The van der Waals surface area contributed by atoms with Gasteiger partial charge in [-0.1, -0.05) is 24.3 Å². The number of carbonyl (C=O) groups excluding carboxylic acids is 1. The number of nitrogens with zero attached hydrogens (tertiary/aromatic N) is 2. The van der Waals surface area contributed by atoms with E-state index < -0.39 is 0 Å². The average molecular weight is 270 g/mol. The zero-order valence-corrected chi connectivity index (χ0v) is 11.5. The van der Waals surface area contributed by atoms with Crippen LogP contribution in [-0.2, 0) is 12.8 Å². The highest BCUT2D eigenvalue weighted by molar-refractivity contribution is 5.99. The van der Waals surface area contributed by atoms with E-state index in [1.165, 1.54) is 11.1 Å². The molecule has 5 nitrogen and oxygen atoms in total. The molecule has 2 heterocycles. The third kappa shape index (κ3) is 2.15. The number of hydrogen-bond donors (Lipinski definition) is 2. The van der Waals surface area contributed by atoms with Crippen molar-refractivity contribution in [2.45, 2.75) is 19.8 Å². The van der Waals surface area contributed by atoms with Crippen LogP contribution in [0.3, 0.4) is 0 Å². The number of rotatable bonds is 1. The third-order valence-corrected chi connectivity index (χ3v) is 3.90. The van der Waals surface area contributed by atoms with E-state index in [2.05, 4.69) is 34.5 Å². The topological polar surface area (TPSA) is 75.0 Å². The molecule has 20 heavy (non-hydrogen) atoms. The van der Waals surface area contributed by atoms with Gasteiger partial charge in [0.05, 0.1) is 0 Å². The first-order chi connectivity index (χ1) is 9.66. The summed E-state index contributed by atoms with van der Waals surface area (Å²) in [6, 6.07) is 8.38. The van der Waals surface area contributed by atoms with Crippen LogP contribution in [0.25, 0.3) is 0 Å². The number of aromatic nitrogens is 2. The number of carbonyl (C=O) groups is 1. The second-order valence-corrected chi connectivity index (χ2v) is 5.17. The van der Waals surface area contributed by atoms with E-state index in [0.717, 1.165) is 31.6 Å². The van der Waals surface area contributed by atoms with Crippen molar-refractivity contribution in [1.29, 1.82) is 0 Å². The molecular formula is C15H18N4O. The number of nitrogen functional groups attached to an aromatic ring is 1. The van der Waals surface area contributed by atoms with Gasteiger partial charge in [0.1, 0.15) is 5.56 Å². The second kappa shape index (κ2) is 5.00. The van der Waals surface area contributed by atoms with E-state index in [1.54, 1.807) is 0 Å². The molecule has 0 saturated heterocycles. The molecule has 0 bridgehead atoms. The molecule has 1 aliphatic rings. The Morgan fingerprint density at radius 2 is 1.85 bits per heavy atom. The van der Waals surface area contributed by atoms with Crippen LogP contribution in [-0.4, -0.2) is 34.1 Å². The molecule has 1 amide bonds. The maximum atomic E-state index is 12.6. The summed E-state index contributed by atoms with van der Waals surface area (Å²) in [6.07, 6.45) is 1.78. The van der Waals surface area contributed by atoms with Crippen LogP contribution in [0.5, 0.6) is 0 Å². The average Bonchev–Trinajstić information content (AvgIpc) is 2.67. The maximum absolute atomic E-state index is 12.6. The Bertz CT molecular complexity index is 601. The highest BCUT2D eigenvalue weighted by Crippen LogP contribution is 2.20. The molecule has 2 aromatic rings. The van der Waals surface area contributed by atoms with Crippen LogP contribution in [0.1, 0.15) is 27.2 Å². The third-order valence-electron chi connectivity index (χ3n) is 3.90. The fourth-order valence-electron chi connectivity index (χ4n) is 2.75. The van der Waals surface area contributed by atoms with E-state index in [1.807, 2.05) is 11.8 Å². The number of hydrogen-bond acceptors (Lipinski definition) is 3. The van der Waals surface area contributed by atoms with E-state index >= 15 is 0 Å². The van der Waals surface area contributed by atoms with Gasteiger partial charge in [0, 0.05) is 18.8 Å². The van der Waals surface area contributed by atoms with Crippen LogP contribution in [0, 0.1) is 6.92 Å². The van der Waals surface area contributed by atoms with Gasteiger partial charge in [-0.15, -0.1) is 0 Å². The Morgan fingerprint density at radius 1 is 1.25 bits per heavy atom. The predicted molar refractivity (Wildman–Crippen MR) is 77.5 cm³/mol. The standard InChI is InChI=1S/C15H18N4O/c1-10-13(14(16)18-17-10)15(20)19-8-6-11-4-2-3-5-12(11)7-9-19/h2-5H,6-9H2,1H3,(H3,16,17,18). The van der Waals surface area contributed by atoms with Gasteiger partial charge in [0.2, 0.25) is 0 Å². The number of amides is 1. The Balaban J connectivity index is 1.82. The summed E-state index contributed by atoms with van der Waals surface area (Å²) in [5.41, 5.74) is 9.69. The summed E-state index contributed by atoms with van der Waals surface area (Å²) in [4.78, 5) is 14.5. The summed E-state index contributed by atoms with van der Waals surface area (Å²) < 4.78 is 0. The molecule has 1 aromatic heterocycles. The van der Waals surface area contributed by atoms with Crippen LogP contribution in [0.15, 0.2) is 24.3 Å². The van der Waals surface area contributed by atoms with E-state index in [4.69, 9.17) is 5.73 Å². The number of anilines is 1. The number of nitrogens with one attached hydrogen (secondary N) is 1. The van der Waals surface area contributed by atoms with Gasteiger partial charge in [-0.3, -0.25) is 9.89 Å². The van der Waals surface area contributed by atoms with Crippen molar-refractivity contribution >= 4 is 11.7 Å². The molecule has 1 aromatic carbocycles. The highest BCUT2D eigenvalue weighted by atomic mass is 16.2. The van der Waals surface area contributed by atoms with Gasteiger partial charge < -0.3 is 10.6 Å². The normalized spacial score (nSPS) is 14.8. The quantitative estimate of drug-likeness (QED) is 0.825. The molecule has 0 radical (unpaired) electrons. The van der Waals surface area contributed by atoms with E-state index in [0.29, 0.717) is 5.56 Å². The number of H-pyrrole nitrogens is 1. The van der Waals surface area contributed by atoms with E-state index in [9.17, 15) is 4.79 Å². The molecule has 104 valence electrons. The molecule has 0 fully saturated rings. The van der Waals surface area contributed by atoms with Gasteiger partial charge >= 0.3 is 0 Å². The molecule has 0 unspecified atom stereocenters. The lowest BCUT2D eigenvalue weighted by Gasteiger charge is -2.20. The van der Waals surface area contributed by atoms with Crippen molar-refractivity contribution in [2.24, 2.45) is 0 Å². The highest BCUT2D eigenvalue weighted by Gasteiger charge is 2.24. The number of aromatic amines is 1. The zero-order chi connectivity index (χ0) is 14.1. The molecule has 5 heteroatoms. The molecular weight excluding hydrogens is 252 g/mol. The van der Waals surface area contributed by atoms with Crippen LogP contribution >= 0.6 is 0 Å². The fraction of sp³-hybridized carbons (Fsp3) is 0.333. The number of fused-ring (bicyclic) bond motifs is 1. The first-order valence-electron chi connectivity index (χ1n) is 6.83. The lowest BCUT2D eigenvalue weighted by Crippen LogP contribution is -2.33. The summed E-state index contributed by atoms with van der Waals surface area (Å²) in [7, 11) is 0. The summed E-state index contributed by atoms with van der Waals surface area (Å²) in [6.45, 7) is 3.27. The smallest absolute Gasteiger partial charge is 0.259 e. The number of nitrogens with two attached hydrogens (primary N) is 1. The number of aryl methyl sites for hydroxylation is 1. The van der Waals surface area contributed by atoms with Gasteiger partial charge in [-0.25, -0.2) is 0 Å². The summed E-state index contributed by atoms with van der Waals surface area (Å²) >= 11 is 0. The van der Waals surface area contributed by atoms with Gasteiger partial charge in [-0.05, 0) is 30.9 Å². The first kappa shape index (κ1) is 12.7. The van der Waals surface area contributed by atoms with Crippen molar-refractivity contribution in [2.75, 3.05) is 18.8 Å². The molecule has 0 spiro atoms. The monoisotopic (exact) mass is 270 g/mol. The molecule has 3 rings (SSSR count). The van der Waals surface area contributed by atoms with Crippen LogP contribution in [0.2, 0.25) is 0 Å². The lowest BCUT2D eigenvalue weighted by atomic mass is 10.0. The molecule has 0 saturated carbocycles. The van der Waals surface area contributed by atoms with Crippen LogP contribution < -0.4 is 5.73 Å². The van der Waals surface area contributed by atoms with Crippen LogP contribution in [0.4, 0.5) is 5.82 Å². The number of benzene rings is 1. The first-order valence-corrected chi connectivity index (χ1v) is 6.83. The Labute approximate surface area is 117 Å². The van der Waals surface area contributed by atoms with Gasteiger partial charge in [-0.2, -0.15) is 5.10 Å².